The fraction of sp³-hybridized carbons (Fsp3) is 0.308. The zero-order valence-electron chi connectivity index (χ0n) is 8.77. The van der Waals surface area contributed by atoms with Gasteiger partial charge in [0, 0.05) is 12.0 Å². The van der Waals surface area contributed by atoms with Crippen molar-refractivity contribution in [2.75, 3.05) is 13.2 Å². The monoisotopic (exact) mass is 213 g/mol. The highest BCUT2D eigenvalue weighted by Gasteiger charge is 2.32. The third kappa shape index (κ3) is 1.27. The highest BCUT2D eigenvalue weighted by atomic mass is 16.7. The van der Waals surface area contributed by atoms with Gasteiger partial charge >= 0.3 is 0 Å². The van der Waals surface area contributed by atoms with E-state index in [0.717, 1.165) is 17.6 Å². The minimum absolute atomic E-state index is 0.204. The minimum atomic E-state index is -0.204. The van der Waals surface area contributed by atoms with Crippen LogP contribution in [0.25, 0.3) is 0 Å². The Morgan fingerprint density at radius 3 is 2.69 bits per heavy atom. The minimum Gasteiger partial charge on any atom is -0.462 e. The summed E-state index contributed by atoms with van der Waals surface area (Å²) < 4.78 is 10.8. The maximum absolute atomic E-state index is 9.25. The van der Waals surface area contributed by atoms with Crippen molar-refractivity contribution in [2.24, 2.45) is 0 Å². The molecule has 2 aliphatic rings. The van der Waals surface area contributed by atoms with E-state index in [1.165, 1.54) is 5.56 Å². The molecule has 1 heterocycles. The number of benzene rings is 1. The van der Waals surface area contributed by atoms with Crippen LogP contribution in [-0.4, -0.2) is 13.2 Å². The molecule has 0 bridgehead atoms. The molecule has 1 aromatic carbocycles. The number of ether oxygens (including phenoxy) is 2. The Bertz CT molecular complexity index is 491. The van der Waals surface area contributed by atoms with Crippen LogP contribution in [0.3, 0.4) is 0 Å². The first-order chi connectivity index (χ1) is 7.90. The van der Waals surface area contributed by atoms with Crippen LogP contribution in [0.1, 0.15) is 17.0 Å². The highest BCUT2D eigenvalue weighted by molar-refractivity contribution is 5.49. The van der Waals surface area contributed by atoms with Crippen molar-refractivity contribution >= 4 is 0 Å². The van der Waals surface area contributed by atoms with Gasteiger partial charge in [-0.25, -0.2) is 0 Å². The molecule has 1 aliphatic heterocycles. The molecule has 0 aromatic heterocycles. The molecule has 16 heavy (non-hydrogen) atoms. The molecule has 0 spiro atoms. The average Bonchev–Trinajstić information content (AvgIpc) is 2.95. The summed E-state index contributed by atoms with van der Waals surface area (Å²) in [5.41, 5.74) is 3.27. The number of rotatable bonds is 0. The number of nitriles is 1. The zero-order chi connectivity index (χ0) is 11.0. The van der Waals surface area contributed by atoms with Gasteiger partial charge < -0.3 is 9.47 Å². The van der Waals surface area contributed by atoms with E-state index in [2.05, 4.69) is 12.1 Å². The lowest BCUT2D eigenvalue weighted by Gasteiger charge is -2.06. The molecule has 3 nitrogen and oxygen atoms in total. The molecular weight excluding hydrogens is 202 g/mol. The standard InChI is InChI=1S/C13H11NO2/c14-8-12-10-4-2-1-3-9(10)7-11(12)13-15-5-6-16-13/h1-4,12H,5-7H2. The van der Waals surface area contributed by atoms with Gasteiger partial charge in [-0.05, 0) is 11.1 Å². The lowest BCUT2D eigenvalue weighted by molar-refractivity contribution is 0.168. The lowest BCUT2D eigenvalue weighted by Crippen LogP contribution is -1.98. The highest BCUT2D eigenvalue weighted by Crippen LogP contribution is 2.39. The quantitative estimate of drug-likeness (QED) is 0.662. The van der Waals surface area contributed by atoms with E-state index in [4.69, 9.17) is 9.47 Å². The first kappa shape index (κ1) is 9.29. The van der Waals surface area contributed by atoms with Crippen LogP contribution in [0.15, 0.2) is 35.8 Å². The third-order valence-electron chi connectivity index (χ3n) is 3.04. The third-order valence-corrected chi connectivity index (χ3v) is 3.04. The normalized spacial score (nSPS) is 22.3. The first-order valence-electron chi connectivity index (χ1n) is 5.36. The fourth-order valence-electron chi connectivity index (χ4n) is 2.31. The lowest BCUT2D eigenvalue weighted by atomic mass is 10.0. The predicted octanol–water partition coefficient (Wildman–Crippen LogP) is 2.11. The Hall–Kier alpha value is -1.95. The van der Waals surface area contributed by atoms with Crippen LogP contribution < -0.4 is 0 Å². The second-order valence-corrected chi connectivity index (χ2v) is 3.95. The van der Waals surface area contributed by atoms with E-state index < -0.39 is 0 Å². The molecule has 1 atom stereocenters. The van der Waals surface area contributed by atoms with Gasteiger partial charge in [-0.1, -0.05) is 24.3 Å². The molecule has 1 aromatic rings. The Morgan fingerprint density at radius 1 is 1.19 bits per heavy atom. The number of hydrogen-bond acceptors (Lipinski definition) is 3. The van der Waals surface area contributed by atoms with Gasteiger partial charge in [0.2, 0.25) is 0 Å². The molecule has 0 N–H and O–H groups in total. The second-order valence-electron chi connectivity index (χ2n) is 3.95. The summed E-state index contributed by atoms with van der Waals surface area (Å²) in [5, 5.41) is 9.25. The topological polar surface area (TPSA) is 42.2 Å². The van der Waals surface area contributed by atoms with E-state index in [0.29, 0.717) is 19.2 Å². The molecule has 1 aliphatic carbocycles. The van der Waals surface area contributed by atoms with Crippen molar-refractivity contribution in [1.29, 1.82) is 5.26 Å². The van der Waals surface area contributed by atoms with Crippen molar-refractivity contribution in [3.05, 3.63) is 46.9 Å². The van der Waals surface area contributed by atoms with Crippen LogP contribution in [0, 0.1) is 11.3 Å². The van der Waals surface area contributed by atoms with E-state index in [-0.39, 0.29) is 5.92 Å². The van der Waals surface area contributed by atoms with Crippen molar-refractivity contribution in [3.63, 3.8) is 0 Å². The largest absolute Gasteiger partial charge is 0.462 e. The number of fused-ring (bicyclic) bond motifs is 1. The molecule has 0 amide bonds. The summed E-state index contributed by atoms with van der Waals surface area (Å²) in [6.07, 6.45) is 0.768. The summed E-state index contributed by atoms with van der Waals surface area (Å²) >= 11 is 0. The fourth-order valence-corrected chi connectivity index (χ4v) is 2.31. The van der Waals surface area contributed by atoms with Gasteiger partial charge in [0.05, 0.1) is 12.0 Å². The summed E-state index contributed by atoms with van der Waals surface area (Å²) in [6, 6.07) is 10.4. The average molecular weight is 213 g/mol. The van der Waals surface area contributed by atoms with Gasteiger partial charge in [0.25, 0.3) is 5.95 Å². The van der Waals surface area contributed by atoms with E-state index in [1.54, 1.807) is 0 Å². The zero-order valence-corrected chi connectivity index (χ0v) is 8.77. The van der Waals surface area contributed by atoms with Gasteiger partial charge in [-0.3, -0.25) is 0 Å². The van der Waals surface area contributed by atoms with Crippen molar-refractivity contribution in [2.45, 2.75) is 12.3 Å². The van der Waals surface area contributed by atoms with Crippen LogP contribution in [-0.2, 0) is 15.9 Å². The Morgan fingerprint density at radius 2 is 1.94 bits per heavy atom. The molecule has 80 valence electrons. The molecule has 0 radical (unpaired) electrons. The maximum atomic E-state index is 9.25. The van der Waals surface area contributed by atoms with Crippen LogP contribution in [0.5, 0.6) is 0 Å². The Labute approximate surface area is 93.9 Å². The molecule has 1 unspecified atom stereocenters. The number of nitrogens with zero attached hydrogens (tertiary/aromatic N) is 1. The van der Waals surface area contributed by atoms with Crippen LogP contribution >= 0.6 is 0 Å². The van der Waals surface area contributed by atoms with Crippen LogP contribution in [0.4, 0.5) is 0 Å². The van der Waals surface area contributed by atoms with Crippen molar-refractivity contribution in [3.8, 4) is 6.07 Å². The number of hydrogen-bond donors (Lipinski definition) is 0. The van der Waals surface area contributed by atoms with Crippen molar-refractivity contribution < 1.29 is 9.47 Å². The summed E-state index contributed by atoms with van der Waals surface area (Å²) in [5.74, 6) is 0.368. The molecule has 1 saturated heterocycles. The number of allylic oxidation sites excluding steroid dienone is 1. The van der Waals surface area contributed by atoms with Crippen molar-refractivity contribution in [1.82, 2.24) is 0 Å². The van der Waals surface area contributed by atoms with Gasteiger partial charge in [-0.2, -0.15) is 5.26 Å². The van der Waals surface area contributed by atoms with E-state index in [9.17, 15) is 5.26 Å². The van der Waals surface area contributed by atoms with E-state index >= 15 is 0 Å². The molecule has 3 rings (SSSR count). The summed E-state index contributed by atoms with van der Waals surface area (Å²) in [4.78, 5) is 0. The molecule has 0 saturated carbocycles. The van der Waals surface area contributed by atoms with E-state index in [1.807, 2.05) is 18.2 Å². The Balaban J connectivity index is 2.08. The first-order valence-corrected chi connectivity index (χ1v) is 5.36. The van der Waals surface area contributed by atoms with Gasteiger partial charge in [0.1, 0.15) is 13.2 Å². The smallest absolute Gasteiger partial charge is 0.280 e. The second kappa shape index (κ2) is 3.57. The predicted molar refractivity (Wildman–Crippen MR) is 57.4 cm³/mol. The van der Waals surface area contributed by atoms with Gasteiger partial charge in [0.15, 0.2) is 0 Å². The molecule has 1 fully saturated rings. The SMILES string of the molecule is N#CC1C(=C2OCCO2)Cc2ccccc21. The maximum Gasteiger partial charge on any atom is 0.280 e. The molecule has 3 heteroatoms. The van der Waals surface area contributed by atoms with Crippen LogP contribution in [0.2, 0.25) is 0 Å². The van der Waals surface area contributed by atoms with Gasteiger partial charge in [-0.15, -0.1) is 0 Å². The Kier molecular flexibility index (Phi) is 2.07. The summed E-state index contributed by atoms with van der Waals surface area (Å²) in [6.45, 7) is 1.18. The summed E-state index contributed by atoms with van der Waals surface area (Å²) in [7, 11) is 0. The molecular formula is C13H11NO2.